The summed E-state index contributed by atoms with van der Waals surface area (Å²) in [6.07, 6.45) is 0. The van der Waals surface area contributed by atoms with Crippen molar-refractivity contribution in [1.82, 2.24) is 5.16 Å². The molecule has 0 unspecified atom stereocenters. The molecule has 2 aromatic carbocycles. The fraction of sp³-hybridized carbons (Fsp3) is 0.0588. The number of nitrogens with zero attached hydrogens (tertiary/aromatic N) is 1. The SMILES string of the molecule is CC(=O)Nc1ccc(-c2cc(-c3ccccc3F)no2)cc1. The van der Waals surface area contributed by atoms with E-state index in [1.165, 1.54) is 13.0 Å². The number of amides is 1. The van der Waals surface area contributed by atoms with Gasteiger partial charge in [-0.3, -0.25) is 4.79 Å². The van der Waals surface area contributed by atoms with Crippen molar-refractivity contribution in [3.05, 3.63) is 60.4 Å². The maximum atomic E-state index is 13.7. The lowest BCUT2D eigenvalue weighted by Crippen LogP contribution is -2.05. The Morgan fingerprint density at radius 1 is 1.14 bits per heavy atom. The molecule has 0 spiro atoms. The average molecular weight is 296 g/mol. The second kappa shape index (κ2) is 5.81. The van der Waals surface area contributed by atoms with Crippen LogP contribution in [0.2, 0.25) is 0 Å². The molecule has 5 heteroatoms. The maximum Gasteiger partial charge on any atom is 0.221 e. The summed E-state index contributed by atoms with van der Waals surface area (Å²) in [6.45, 7) is 1.45. The molecule has 1 N–H and O–H groups in total. The molecule has 110 valence electrons. The van der Waals surface area contributed by atoms with Gasteiger partial charge in [-0.25, -0.2) is 4.39 Å². The van der Waals surface area contributed by atoms with Crippen molar-refractivity contribution in [3.8, 4) is 22.6 Å². The molecule has 0 fully saturated rings. The highest BCUT2D eigenvalue weighted by Gasteiger charge is 2.11. The molecule has 0 atom stereocenters. The van der Waals surface area contributed by atoms with E-state index in [1.807, 2.05) is 0 Å². The highest BCUT2D eigenvalue weighted by atomic mass is 19.1. The van der Waals surface area contributed by atoms with Crippen LogP contribution in [0.4, 0.5) is 10.1 Å². The number of rotatable bonds is 3. The zero-order valence-electron chi connectivity index (χ0n) is 11.8. The van der Waals surface area contributed by atoms with Crippen molar-refractivity contribution >= 4 is 11.6 Å². The molecule has 0 aliphatic carbocycles. The van der Waals surface area contributed by atoms with Gasteiger partial charge in [0.2, 0.25) is 5.91 Å². The van der Waals surface area contributed by atoms with Gasteiger partial charge < -0.3 is 9.84 Å². The van der Waals surface area contributed by atoms with E-state index in [1.54, 1.807) is 48.5 Å². The Kier molecular flexibility index (Phi) is 3.70. The average Bonchev–Trinajstić information content (AvgIpc) is 2.97. The van der Waals surface area contributed by atoms with Gasteiger partial charge in [0.1, 0.15) is 11.5 Å². The lowest BCUT2D eigenvalue weighted by Gasteiger charge is -2.02. The first-order chi connectivity index (χ1) is 10.6. The molecular weight excluding hydrogens is 283 g/mol. The molecular formula is C17H13FN2O2. The third-order valence-corrected chi connectivity index (χ3v) is 3.15. The molecule has 1 aromatic heterocycles. The second-order valence-corrected chi connectivity index (χ2v) is 4.81. The van der Waals surface area contributed by atoms with Crippen molar-refractivity contribution in [1.29, 1.82) is 0 Å². The number of nitrogens with one attached hydrogen (secondary N) is 1. The minimum absolute atomic E-state index is 0.130. The number of benzene rings is 2. The number of anilines is 1. The van der Waals surface area contributed by atoms with E-state index in [9.17, 15) is 9.18 Å². The van der Waals surface area contributed by atoms with Gasteiger partial charge in [0, 0.05) is 29.8 Å². The molecule has 0 aliphatic heterocycles. The van der Waals surface area contributed by atoms with Crippen LogP contribution in [0.5, 0.6) is 0 Å². The topological polar surface area (TPSA) is 55.1 Å². The zero-order valence-corrected chi connectivity index (χ0v) is 11.8. The summed E-state index contributed by atoms with van der Waals surface area (Å²) in [5.74, 6) is 0.0604. The second-order valence-electron chi connectivity index (χ2n) is 4.81. The van der Waals surface area contributed by atoms with Gasteiger partial charge in [-0.05, 0) is 36.4 Å². The van der Waals surface area contributed by atoms with Crippen LogP contribution in [0.1, 0.15) is 6.92 Å². The standard InChI is InChI=1S/C17H13FN2O2/c1-11(21)19-13-8-6-12(7-9-13)17-10-16(20-22-17)14-4-2-3-5-15(14)18/h2-10H,1H3,(H,19,21). The van der Waals surface area contributed by atoms with Gasteiger partial charge in [-0.15, -0.1) is 0 Å². The number of carbonyl (C=O) groups is 1. The molecule has 3 aromatic rings. The van der Waals surface area contributed by atoms with Crippen LogP contribution in [0.3, 0.4) is 0 Å². The first kappa shape index (κ1) is 14.0. The van der Waals surface area contributed by atoms with E-state index in [2.05, 4.69) is 10.5 Å². The fourth-order valence-corrected chi connectivity index (χ4v) is 2.13. The van der Waals surface area contributed by atoms with Gasteiger partial charge in [-0.2, -0.15) is 0 Å². The van der Waals surface area contributed by atoms with Crippen LogP contribution < -0.4 is 5.32 Å². The van der Waals surface area contributed by atoms with Crippen LogP contribution >= 0.6 is 0 Å². The van der Waals surface area contributed by atoms with E-state index < -0.39 is 0 Å². The molecule has 0 bridgehead atoms. The summed E-state index contributed by atoms with van der Waals surface area (Å²) in [7, 11) is 0. The largest absolute Gasteiger partial charge is 0.356 e. The predicted molar refractivity (Wildman–Crippen MR) is 81.6 cm³/mol. The molecule has 0 saturated heterocycles. The van der Waals surface area contributed by atoms with Crippen molar-refractivity contribution in [2.45, 2.75) is 6.92 Å². The molecule has 1 heterocycles. The van der Waals surface area contributed by atoms with E-state index in [4.69, 9.17) is 4.52 Å². The maximum absolute atomic E-state index is 13.7. The number of hydrogen-bond acceptors (Lipinski definition) is 3. The van der Waals surface area contributed by atoms with Crippen molar-refractivity contribution in [2.24, 2.45) is 0 Å². The van der Waals surface area contributed by atoms with E-state index in [0.717, 1.165) is 5.56 Å². The van der Waals surface area contributed by atoms with Crippen LogP contribution in [0, 0.1) is 5.82 Å². The lowest BCUT2D eigenvalue weighted by atomic mass is 10.1. The highest BCUT2D eigenvalue weighted by Crippen LogP contribution is 2.28. The van der Waals surface area contributed by atoms with Crippen LogP contribution in [-0.4, -0.2) is 11.1 Å². The third-order valence-electron chi connectivity index (χ3n) is 3.15. The fourth-order valence-electron chi connectivity index (χ4n) is 2.13. The number of carbonyl (C=O) groups excluding carboxylic acids is 1. The molecule has 22 heavy (non-hydrogen) atoms. The Hall–Kier alpha value is -2.95. The van der Waals surface area contributed by atoms with Crippen LogP contribution in [-0.2, 0) is 4.79 Å². The van der Waals surface area contributed by atoms with Gasteiger partial charge in [0.25, 0.3) is 0 Å². The van der Waals surface area contributed by atoms with E-state index in [-0.39, 0.29) is 11.7 Å². The summed E-state index contributed by atoms with van der Waals surface area (Å²) in [5, 5.41) is 6.60. The molecule has 0 radical (unpaired) electrons. The van der Waals surface area contributed by atoms with Crippen LogP contribution in [0.25, 0.3) is 22.6 Å². The zero-order chi connectivity index (χ0) is 15.5. The first-order valence-corrected chi connectivity index (χ1v) is 6.73. The Morgan fingerprint density at radius 2 is 1.86 bits per heavy atom. The van der Waals surface area contributed by atoms with Gasteiger partial charge in [-0.1, -0.05) is 17.3 Å². The van der Waals surface area contributed by atoms with Crippen LogP contribution in [0.15, 0.2) is 59.1 Å². The Balaban J connectivity index is 1.88. The monoisotopic (exact) mass is 296 g/mol. The Labute approximate surface area is 126 Å². The highest BCUT2D eigenvalue weighted by molar-refractivity contribution is 5.88. The summed E-state index contributed by atoms with van der Waals surface area (Å²) in [5.41, 5.74) is 2.33. The van der Waals surface area contributed by atoms with Crippen molar-refractivity contribution < 1.29 is 13.7 Å². The lowest BCUT2D eigenvalue weighted by molar-refractivity contribution is -0.114. The minimum Gasteiger partial charge on any atom is -0.356 e. The summed E-state index contributed by atoms with van der Waals surface area (Å²) < 4.78 is 19.0. The Bertz CT molecular complexity index is 810. The third kappa shape index (κ3) is 2.88. The summed E-state index contributed by atoms with van der Waals surface area (Å²) in [6, 6.07) is 15.2. The molecule has 4 nitrogen and oxygen atoms in total. The smallest absolute Gasteiger partial charge is 0.221 e. The first-order valence-electron chi connectivity index (χ1n) is 6.73. The van der Waals surface area contributed by atoms with Gasteiger partial charge in [0.15, 0.2) is 5.76 Å². The summed E-state index contributed by atoms with van der Waals surface area (Å²) >= 11 is 0. The van der Waals surface area contributed by atoms with Gasteiger partial charge >= 0.3 is 0 Å². The van der Waals surface area contributed by atoms with E-state index >= 15 is 0 Å². The summed E-state index contributed by atoms with van der Waals surface area (Å²) in [4.78, 5) is 11.0. The molecule has 3 rings (SSSR count). The molecule has 0 saturated carbocycles. The Morgan fingerprint density at radius 3 is 2.55 bits per heavy atom. The van der Waals surface area contributed by atoms with Crippen molar-refractivity contribution in [2.75, 3.05) is 5.32 Å². The normalized spacial score (nSPS) is 10.5. The number of aromatic nitrogens is 1. The van der Waals surface area contributed by atoms with Gasteiger partial charge in [0.05, 0.1) is 0 Å². The minimum atomic E-state index is -0.344. The van der Waals surface area contributed by atoms with Crippen molar-refractivity contribution in [3.63, 3.8) is 0 Å². The number of hydrogen-bond donors (Lipinski definition) is 1. The molecule has 1 amide bonds. The molecule has 0 aliphatic rings. The predicted octanol–water partition coefficient (Wildman–Crippen LogP) is 4.11. The number of halogens is 1. The quantitative estimate of drug-likeness (QED) is 0.791. The van der Waals surface area contributed by atoms with E-state index in [0.29, 0.717) is 22.7 Å².